The number of halogens is 5. The van der Waals surface area contributed by atoms with Gasteiger partial charge in [0.05, 0.1) is 33.8 Å². The molecule has 0 atom stereocenters. The molecule has 3 aromatic carbocycles. The highest BCUT2D eigenvalue weighted by atomic mass is 35.5. The fourth-order valence-electron chi connectivity index (χ4n) is 4.21. The maximum Gasteiger partial charge on any atom is 0.259 e. The summed E-state index contributed by atoms with van der Waals surface area (Å²) in [5, 5.41) is 15.9. The van der Waals surface area contributed by atoms with Crippen LogP contribution in [0.15, 0.2) is 65.5 Å². The van der Waals surface area contributed by atoms with Crippen molar-refractivity contribution in [2.24, 2.45) is 7.05 Å². The molecule has 2 aromatic heterocycles. The van der Waals surface area contributed by atoms with Gasteiger partial charge < -0.3 is 10.6 Å². The van der Waals surface area contributed by atoms with E-state index in [0.29, 0.717) is 27.4 Å². The largest absolute Gasteiger partial charge is 0.350 e. The third-order valence-corrected chi connectivity index (χ3v) is 7.38. The number of hydrogen-bond acceptors (Lipinski definition) is 10. The predicted molar refractivity (Wildman–Crippen MR) is 174 cm³/mol. The lowest BCUT2D eigenvalue weighted by Crippen LogP contribution is -2.28. The molecular weight excluding hydrogens is 661 g/mol. The zero-order chi connectivity index (χ0) is 32.8. The van der Waals surface area contributed by atoms with Crippen LogP contribution in [0.25, 0.3) is 11.3 Å². The molecule has 0 saturated carbocycles. The molecule has 234 valence electrons. The van der Waals surface area contributed by atoms with Crippen molar-refractivity contribution in [3.63, 3.8) is 0 Å². The van der Waals surface area contributed by atoms with Crippen LogP contribution in [0, 0.1) is 23.0 Å². The molecule has 0 amide bonds. The Hall–Kier alpha value is -5.03. The van der Waals surface area contributed by atoms with Gasteiger partial charge in [0.15, 0.2) is 0 Å². The minimum absolute atomic E-state index is 0.0256. The number of hydrazine groups is 1. The molecule has 4 N–H and O–H groups in total. The molecule has 0 radical (unpaired) electrons. The van der Waals surface area contributed by atoms with Gasteiger partial charge >= 0.3 is 0 Å². The maximum atomic E-state index is 13.6. The summed E-state index contributed by atoms with van der Waals surface area (Å²) < 4.78 is 28.5. The first kappa shape index (κ1) is 32.4. The molecule has 0 aliphatic carbocycles. The third kappa shape index (κ3) is 7.78. The molecule has 11 nitrogen and oxygen atoms in total. The molecule has 0 bridgehead atoms. The smallest absolute Gasteiger partial charge is 0.259 e. The summed E-state index contributed by atoms with van der Waals surface area (Å²) in [4.78, 5) is 31.0. The number of aromatic nitrogens is 5. The van der Waals surface area contributed by atoms with E-state index in [0.717, 1.165) is 0 Å². The van der Waals surface area contributed by atoms with E-state index < -0.39 is 17.2 Å². The van der Waals surface area contributed by atoms with Crippen molar-refractivity contribution in [2.75, 3.05) is 21.5 Å². The highest BCUT2D eigenvalue weighted by molar-refractivity contribution is 6.31. The SMILES string of the molecule is Cn1c(NNc2nc(NCc3ccc(F)c(Cl)c3)nc(NCc3ccc(F)c(Cl)c3)n2)nc(-c2ccc(Cl)cc2)c(CC#N)c1=O. The summed E-state index contributed by atoms with van der Waals surface area (Å²) >= 11 is 17.9. The molecule has 46 heavy (non-hydrogen) atoms. The lowest BCUT2D eigenvalue weighted by Gasteiger charge is -2.16. The quantitative estimate of drug-likeness (QED) is 0.112. The van der Waals surface area contributed by atoms with E-state index in [4.69, 9.17) is 34.8 Å². The molecule has 5 rings (SSSR count). The average molecular weight is 684 g/mol. The molecule has 0 unspecified atom stereocenters. The van der Waals surface area contributed by atoms with Gasteiger partial charge in [-0.3, -0.25) is 20.2 Å². The Morgan fingerprint density at radius 2 is 1.33 bits per heavy atom. The Morgan fingerprint density at radius 1 is 0.783 bits per heavy atom. The molecular formula is C30H23Cl3F2N10O. The van der Waals surface area contributed by atoms with E-state index in [1.807, 2.05) is 6.07 Å². The highest BCUT2D eigenvalue weighted by Gasteiger charge is 2.17. The highest BCUT2D eigenvalue weighted by Crippen LogP contribution is 2.24. The van der Waals surface area contributed by atoms with Gasteiger partial charge in [0.2, 0.25) is 23.8 Å². The summed E-state index contributed by atoms with van der Waals surface area (Å²) in [5.74, 6) is -0.697. The standard InChI is InChI=1S/C30H23Cl3F2N10O/c1-45-26(46)20(10-11-36)25(18-4-6-19(31)7-5-18)39-30(45)44-43-29-41-27(37-14-16-2-8-23(34)21(32)12-16)40-28(42-29)38-15-17-3-9-24(35)22(33)13-17/h2-9,12-13H,10,14-15H2,1H3,(H,39,44)(H3,37,38,40,41,42,43). The van der Waals surface area contributed by atoms with Gasteiger partial charge in [-0.15, -0.1) is 0 Å². The lowest BCUT2D eigenvalue weighted by atomic mass is 10.1. The Labute approximate surface area is 276 Å². The Kier molecular flexibility index (Phi) is 10.1. The fourth-order valence-corrected chi connectivity index (χ4v) is 4.74. The van der Waals surface area contributed by atoms with Crippen LogP contribution in [0.1, 0.15) is 16.7 Å². The normalized spacial score (nSPS) is 10.7. The molecule has 0 fully saturated rings. The van der Waals surface area contributed by atoms with Gasteiger partial charge in [-0.1, -0.05) is 59.1 Å². The Bertz CT molecular complexity index is 1930. The van der Waals surface area contributed by atoms with Crippen LogP contribution >= 0.6 is 34.8 Å². The van der Waals surface area contributed by atoms with Gasteiger partial charge in [-0.25, -0.2) is 13.8 Å². The van der Waals surface area contributed by atoms with Crippen molar-refractivity contribution in [2.45, 2.75) is 19.5 Å². The van der Waals surface area contributed by atoms with Crippen LogP contribution < -0.4 is 27.0 Å². The minimum atomic E-state index is -0.543. The van der Waals surface area contributed by atoms with Crippen LogP contribution in [0.3, 0.4) is 0 Å². The number of nitriles is 1. The van der Waals surface area contributed by atoms with Gasteiger partial charge in [0, 0.05) is 30.7 Å². The van der Waals surface area contributed by atoms with Crippen LogP contribution in [0.2, 0.25) is 15.1 Å². The van der Waals surface area contributed by atoms with Crippen LogP contribution in [0.5, 0.6) is 0 Å². The van der Waals surface area contributed by atoms with Crippen LogP contribution in [0.4, 0.5) is 32.6 Å². The molecule has 0 spiro atoms. The second kappa shape index (κ2) is 14.4. The fraction of sp³-hybridized carbons (Fsp3) is 0.133. The molecule has 2 heterocycles. The van der Waals surface area contributed by atoms with E-state index in [1.165, 1.54) is 35.9 Å². The lowest BCUT2D eigenvalue weighted by molar-refractivity contribution is 0.627. The molecule has 16 heteroatoms. The summed E-state index contributed by atoms with van der Waals surface area (Å²) in [6.07, 6.45) is -0.151. The van der Waals surface area contributed by atoms with Gasteiger partial charge in [-0.2, -0.15) is 20.2 Å². The first-order valence-electron chi connectivity index (χ1n) is 13.5. The van der Waals surface area contributed by atoms with Crippen molar-refractivity contribution in [1.29, 1.82) is 5.26 Å². The molecule has 5 aromatic rings. The first-order chi connectivity index (χ1) is 22.1. The topological polar surface area (TPSA) is 145 Å². The second-order valence-corrected chi connectivity index (χ2v) is 11.0. The van der Waals surface area contributed by atoms with Crippen molar-refractivity contribution in [1.82, 2.24) is 24.5 Å². The zero-order valence-corrected chi connectivity index (χ0v) is 26.1. The second-order valence-electron chi connectivity index (χ2n) is 9.73. The van der Waals surface area contributed by atoms with Gasteiger partial charge in [0.25, 0.3) is 5.56 Å². The number of nitrogens with zero attached hydrogens (tertiary/aromatic N) is 6. The number of hydrogen-bond donors (Lipinski definition) is 4. The summed E-state index contributed by atoms with van der Waals surface area (Å²) in [7, 11) is 1.50. The monoisotopic (exact) mass is 682 g/mol. The van der Waals surface area contributed by atoms with Crippen molar-refractivity contribution < 1.29 is 8.78 Å². The third-order valence-electron chi connectivity index (χ3n) is 6.55. The summed E-state index contributed by atoms with van der Waals surface area (Å²) in [6, 6.07) is 17.3. The number of rotatable bonds is 11. The maximum absolute atomic E-state index is 13.6. The average Bonchev–Trinajstić information content (AvgIpc) is 3.04. The van der Waals surface area contributed by atoms with E-state index >= 15 is 0 Å². The van der Waals surface area contributed by atoms with Gasteiger partial charge in [0.1, 0.15) is 11.6 Å². The minimum Gasteiger partial charge on any atom is -0.350 e. The Morgan fingerprint density at radius 3 is 1.85 bits per heavy atom. The molecule has 0 aliphatic heterocycles. The van der Waals surface area contributed by atoms with E-state index in [2.05, 4.69) is 41.4 Å². The van der Waals surface area contributed by atoms with Crippen molar-refractivity contribution in [3.8, 4) is 17.3 Å². The summed E-state index contributed by atoms with van der Waals surface area (Å²) in [6.45, 7) is 0.398. The van der Waals surface area contributed by atoms with Gasteiger partial charge in [-0.05, 0) is 47.5 Å². The molecule has 0 aliphatic rings. The van der Waals surface area contributed by atoms with Crippen molar-refractivity contribution >= 4 is 58.6 Å². The Balaban J connectivity index is 1.43. The first-order valence-corrected chi connectivity index (χ1v) is 14.6. The molecule has 0 saturated heterocycles. The number of benzene rings is 3. The van der Waals surface area contributed by atoms with Crippen LogP contribution in [-0.2, 0) is 26.6 Å². The summed E-state index contributed by atoms with van der Waals surface area (Å²) in [5.41, 5.74) is 7.72. The van der Waals surface area contributed by atoms with E-state index in [1.54, 1.807) is 36.4 Å². The van der Waals surface area contributed by atoms with Crippen LogP contribution in [-0.4, -0.2) is 24.5 Å². The number of nitrogens with one attached hydrogen (secondary N) is 4. The van der Waals surface area contributed by atoms with Crippen molar-refractivity contribution in [3.05, 3.63) is 114 Å². The van der Waals surface area contributed by atoms with E-state index in [-0.39, 0.29) is 58.9 Å². The van der Waals surface area contributed by atoms with E-state index in [9.17, 15) is 18.8 Å². The zero-order valence-electron chi connectivity index (χ0n) is 23.9. The predicted octanol–water partition coefficient (Wildman–Crippen LogP) is 6.60. The number of anilines is 4.